The Labute approximate surface area is 97.6 Å². The Kier molecular flexibility index (Phi) is 3.52. The van der Waals surface area contributed by atoms with E-state index in [4.69, 9.17) is 16.9 Å². The third-order valence-corrected chi connectivity index (χ3v) is 3.64. The monoisotopic (exact) mass is 242 g/mol. The summed E-state index contributed by atoms with van der Waals surface area (Å²) in [5.74, 6) is 0.227. The Bertz CT molecular complexity index is 364. The highest BCUT2D eigenvalue weighted by Gasteiger charge is 2.20. The summed E-state index contributed by atoms with van der Waals surface area (Å²) in [5.41, 5.74) is 0.858. The zero-order valence-electron chi connectivity index (χ0n) is 8.19. The van der Waals surface area contributed by atoms with E-state index >= 15 is 0 Å². The first-order valence-electron chi connectivity index (χ1n) is 4.88. The van der Waals surface area contributed by atoms with E-state index in [0.717, 1.165) is 38.2 Å². The molecule has 0 bridgehead atoms. The molecule has 0 atom stereocenters. The normalized spacial score (nSPS) is 18.9. The highest BCUT2D eigenvalue weighted by atomic mass is 35.5. The summed E-state index contributed by atoms with van der Waals surface area (Å²) in [5, 5.41) is 12.7. The summed E-state index contributed by atoms with van der Waals surface area (Å²) in [6, 6.07) is 2.32. The average molecular weight is 243 g/mol. The van der Waals surface area contributed by atoms with Crippen LogP contribution in [0.25, 0.3) is 0 Å². The van der Waals surface area contributed by atoms with Crippen LogP contribution in [-0.2, 0) is 6.54 Å². The summed E-state index contributed by atoms with van der Waals surface area (Å²) in [4.78, 5) is 2.27. The molecule has 1 fully saturated rings. The van der Waals surface area contributed by atoms with Crippen molar-refractivity contribution in [3.8, 4) is 6.07 Å². The highest BCUT2D eigenvalue weighted by molar-refractivity contribution is 7.10. The Balaban J connectivity index is 1.88. The minimum atomic E-state index is 0.227. The van der Waals surface area contributed by atoms with Gasteiger partial charge < -0.3 is 0 Å². The number of piperidine rings is 1. The lowest BCUT2D eigenvalue weighted by Crippen LogP contribution is -2.32. The van der Waals surface area contributed by atoms with E-state index in [0.29, 0.717) is 4.34 Å². The maximum absolute atomic E-state index is 8.77. The zero-order valence-corrected chi connectivity index (χ0v) is 9.76. The van der Waals surface area contributed by atoms with Crippen molar-refractivity contribution in [2.45, 2.75) is 19.4 Å². The van der Waals surface area contributed by atoms with Crippen molar-refractivity contribution in [3.05, 3.63) is 10.0 Å². The van der Waals surface area contributed by atoms with Crippen LogP contribution in [0.3, 0.4) is 0 Å². The van der Waals surface area contributed by atoms with Crippen LogP contribution < -0.4 is 0 Å². The van der Waals surface area contributed by atoms with Gasteiger partial charge in [0.05, 0.1) is 6.07 Å². The SMILES string of the molecule is N#CC1CCN(Cc2nnsc2Cl)CC1. The van der Waals surface area contributed by atoms with Crippen molar-refractivity contribution in [3.63, 3.8) is 0 Å². The average Bonchev–Trinajstić information content (AvgIpc) is 2.66. The number of halogens is 1. The number of likely N-dealkylation sites (tertiary alicyclic amines) is 1. The second-order valence-corrected chi connectivity index (χ2v) is 5.03. The minimum Gasteiger partial charge on any atom is -0.297 e. The Hall–Kier alpha value is -0.700. The fourth-order valence-corrected chi connectivity index (χ4v) is 2.34. The summed E-state index contributed by atoms with van der Waals surface area (Å²) in [6.45, 7) is 2.66. The lowest BCUT2D eigenvalue weighted by atomic mass is 9.99. The Morgan fingerprint density at radius 2 is 2.27 bits per heavy atom. The zero-order chi connectivity index (χ0) is 10.7. The fourth-order valence-electron chi connectivity index (χ4n) is 1.72. The molecule has 1 aliphatic heterocycles. The molecule has 6 heteroatoms. The van der Waals surface area contributed by atoms with Crippen LogP contribution in [-0.4, -0.2) is 27.6 Å². The van der Waals surface area contributed by atoms with Crippen molar-refractivity contribution in [2.24, 2.45) is 5.92 Å². The fraction of sp³-hybridized carbons (Fsp3) is 0.667. The number of hydrogen-bond donors (Lipinski definition) is 0. The van der Waals surface area contributed by atoms with Crippen LogP contribution in [0.5, 0.6) is 0 Å². The minimum absolute atomic E-state index is 0.227. The molecule has 0 unspecified atom stereocenters. The van der Waals surface area contributed by atoms with Crippen molar-refractivity contribution in [2.75, 3.05) is 13.1 Å². The van der Waals surface area contributed by atoms with Gasteiger partial charge in [0, 0.05) is 24.0 Å². The maximum Gasteiger partial charge on any atom is 0.138 e. The molecule has 1 aromatic rings. The third kappa shape index (κ3) is 2.65. The second-order valence-electron chi connectivity index (χ2n) is 3.67. The van der Waals surface area contributed by atoms with E-state index in [1.807, 2.05) is 0 Å². The summed E-state index contributed by atoms with van der Waals surface area (Å²) in [7, 11) is 0. The predicted molar refractivity (Wildman–Crippen MR) is 58.5 cm³/mol. The summed E-state index contributed by atoms with van der Waals surface area (Å²) >= 11 is 7.15. The first kappa shape index (κ1) is 10.8. The lowest BCUT2D eigenvalue weighted by molar-refractivity contribution is 0.196. The molecule has 1 aliphatic rings. The second kappa shape index (κ2) is 4.88. The van der Waals surface area contributed by atoms with Crippen molar-refractivity contribution < 1.29 is 0 Å². The van der Waals surface area contributed by atoms with Crippen LogP contribution in [0, 0.1) is 17.2 Å². The topological polar surface area (TPSA) is 52.8 Å². The van der Waals surface area contributed by atoms with Gasteiger partial charge in [-0.3, -0.25) is 4.90 Å². The van der Waals surface area contributed by atoms with E-state index in [1.165, 1.54) is 11.5 Å². The predicted octanol–water partition coefficient (Wildman–Crippen LogP) is 1.93. The van der Waals surface area contributed by atoms with Gasteiger partial charge in [0.25, 0.3) is 0 Å². The van der Waals surface area contributed by atoms with Gasteiger partial charge in [-0.05, 0) is 25.9 Å². The molecule has 15 heavy (non-hydrogen) atoms. The van der Waals surface area contributed by atoms with E-state index in [1.54, 1.807) is 0 Å². The molecule has 0 saturated carbocycles. The van der Waals surface area contributed by atoms with E-state index in [9.17, 15) is 0 Å². The maximum atomic E-state index is 8.77. The van der Waals surface area contributed by atoms with E-state index in [-0.39, 0.29) is 5.92 Å². The van der Waals surface area contributed by atoms with Crippen LogP contribution >= 0.6 is 23.1 Å². The largest absolute Gasteiger partial charge is 0.297 e. The van der Waals surface area contributed by atoms with E-state index in [2.05, 4.69) is 20.6 Å². The first-order chi connectivity index (χ1) is 7.29. The van der Waals surface area contributed by atoms with Crippen molar-refractivity contribution in [1.82, 2.24) is 14.5 Å². The Morgan fingerprint density at radius 3 is 2.80 bits per heavy atom. The molecule has 1 aromatic heterocycles. The van der Waals surface area contributed by atoms with Gasteiger partial charge in [-0.15, -0.1) is 5.10 Å². The Morgan fingerprint density at radius 1 is 1.53 bits per heavy atom. The van der Waals surface area contributed by atoms with Crippen LogP contribution in [0.4, 0.5) is 0 Å². The standard InChI is InChI=1S/C9H11ClN4S/c10-9-8(12-13-15-9)6-14-3-1-7(5-11)2-4-14/h7H,1-4,6H2. The van der Waals surface area contributed by atoms with Crippen LogP contribution in [0.2, 0.25) is 4.34 Å². The highest BCUT2D eigenvalue weighted by Crippen LogP contribution is 2.22. The molecule has 1 saturated heterocycles. The van der Waals surface area contributed by atoms with Crippen LogP contribution in [0.1, 0.15) is 18.5 Å². The van der Waals surface area contributed by atoms with E-state index < -0.39 is 0 Å². The van der Waals surface area contributed by atoms with Crippen LogP contribution in [0.15, 0.2) is 0 Å². The smallest absolute Gasteiger partial charge is 0.138 e. The molecule has 2 heterocycles. The molecule has 80 valence electrons. The molecule has 0 aliphatic carbocycles. The molecule has 0 radical (unpaired) electrons. The molecule has 0 spiro atoms. The number of aromatic nitrogens is 2. The number of nitrogens with zero attached hydrogens (tertiary/aromatic N) is 4. The van der Waals surface area contributed by atoms with Gasteiger partial charge >= 0.3 is 0 Å². The van der Waals surface area contributed by atoms with Gasteiger partial charge in [-0.2, -0.15) is 5.26 Å². The van der Waals surface area contributed by atoms with Crippen molar-refractivity contribution in [1.29, 1.82) is 5.26 Å². The quantitative estimate of drug-likeness (QED) is 0.795. The molecule has 2 rings (SSSR count). The van der Waals surface area contributed by atoms with Gasteiger partial charge in [0.2, 0.25) is 0 Å². The number of nitriles is 1. The summed E-state index contributed by atoms with van der Waals surface area (Å²) in [6.07, 6.45) is 1.90. The van der Waals surface area contributed by atoms with Gasteiger partial charge in [-0.1, -0.05) is 16.1 Å². The van der Waals surface area contributed by atoms with Gasteiger partial charge in [0.1, 0.15) is 10.0 Å². The van der Waals surface area contributed by atoms with Gasteiger partial charge in [0.15, 0.2) is 0 Å². The van der Waals surface area contributed by atoms with Crippen molar-refractivity contribution >= 4 is 23.1 Å². The molecule has 0 N–H and O–H groups in total. The first-order valence-corrected chi connectivity index (χ1v) is 6.03. The molecule has 0 amide bonds. The molecule has 4 nitrogen and oxygen atoms in total. The molecular formula is C9H11ClN4S. The molecular weight excluding hydrogens is 232 g/mol. The van der Waals surface area contributed by atoms with Gasteiger partial charge in [-0.25, -0.2) is 0 Å². The lowest BCUT2D eigenvalue weighted by Gasteiger charge is -2.28. The third-order valence-electron chi connectivity index (χ3n) is 2.65. The number of hydrogen-bond acceptors (Lipinski definition) is 5. The molecule has 0 aromatic carbocycles. The number of rotatable bonds is 2. The summed E-state index contributed by atoms with van der Waals surface area (Å²) < 4.78 is 4.48.